The quantitative estimate of drug-likeness (QED) is 0.431. The standard InChI is InChI=1S/C16H24N4O3S/c1-20(2)15(21)10-19-16(17-6-7-24-3)18-9-12-4-5-13-14(8-12)23-11-22-13/h4-5,8H,6-7,9-11H2,1-3H3,(H2,17,18,19). The lowest BCUT2D eigenvalue weighted by Gasteiger charge is -2.14. The van der Waals surface area contributed by atoms with Gasteiger partial charge in [0.15, 0.2) is 17.5 Å². The minimum atomic E-state index is -0.00236. The molecule has 1 amide bonds. The monoisotopic (exact) mass is 352 g/mol. The Kier molecular flexibility index (Phi) is 7.05. The molecule has 7 nitrogen and oxygen atoms in total. The molecular formula is C16H24N4O3S. The van der Waals surface area contributed by atoms with Crippen molar-refractivity contribution in [1.82, 2.24) is 15.5 Å². The first kappa shape index (κ1) is 18.3. The van der Waals surface area contributed by atoms with Gasteiger partial charge in [0, 0.05) is 26.4 Å². The van der Waals surface area contributed by atoms with E-state index in [9.17, 15) is 4.79 Å². The predicted molar refractivity (Wildman–Crippen MR) is 96.8 cm³/mol. The number of likely N-dealkylation sites (N-methyl/N-ethyl adjacent to an activating group) is 1. The molecule has 0 radical (unpaired) electrons. The molecule has 8 heteroatoms. The van der Waals surface area contributed by atoms with Gasteiger partial charge in [-0.15, -0.1) is 0 Å². The van der Waals surface area contributed by atoms with Crippen molar-refractivity contribution in [2.24, 2.45) is 4.99 Å². The zero-order valence-electron chi connectivity index (χ0n) is 14.3. The Bertz CT molecular complexity index is 593. The Morgan fingerprint density at radius 1 is 1.29 bits per heavy atom. The molecule has 0 spiro atoms. The summed E-state index contributed by atoms with van der Waals surface area (Å²) in [5.41, 5.74) is 1.02. The molecule has 24 heavy (non-hydrogen) atoms. The normalized spacial score (nSPS) is 12.9. The van der Waals surface area contributed by atoms with Gasteiger partial charge in [-0.1, -0.05) is 6.07 Å². The molecule has 0 fully saturated rings. The Hall–Kier alpha value is -2.09. The second kappa shape index (κ2) is 9.27. The van der Waals surface area contributed by atoms with Crippen molar-refractivity contribution >= 4 is 23.6 Å². The van der Waals surface area contributed by atoms with Crippen LogP contribution in [0.2, 0.25) is 0 Å². The Labute approximate surface area is 146 Å². The smallest absolute Gasteiger partial charge is 0.241 e. The molecule has 0 aromatic heterocycles. The van der Waals surface area contributed by atoms with Crippen LogP contribution in [0, 0.1) is 0 Å². The van der Waals surface area contributed by atoms with Crippen LogP contribution >= 0.6 is 11.8 Å². The van der Waals surface area contributed by atoms with E-state index in [0.717, 1.165) is 29.4 Å². The molecule has 2 rings (SSSR count). The summed E-state index contributed by atoms with van der Waals surface area (Å²) in [5.74, 6) is 3.09. The SMILES string of the molecule is CSCCNC(=NCc1ccc2c(c1)OCO2)NCC(=O)N(C)C. The van der Waals surface area contributed by atoms with Crippen LogP contribution in [0.25, 0.3) is 0 Å². The van der Waals surface area contributed by atoms with E-state index < -0.39 is 0 Å². The van der Waals surface area contributed by atoms with E-state index in [-0.39, 0.29) is 19.2 Å². The van der Waals surface area contributed by atoms with Gasteiger partial charge in [-0.25, -0.2) is 4.99 Å². The number of hydrogen-bond donors (Lipinski definition) is 2. The number of ether oxygens (including phenoxy) is 2. The molecular weight excluding hydrogens is 328 g/mol. The third-order valence-corrected chi connectivity index (χ3v) is 3.97. The molecule has 0 bridgehead atoms. The van der Waals surface area contributed by atoms with Gasteiger partial charge in [0.2, 0.25) is 12.7 Å². The molecule has 0 atom stereocenters. The highest BCUT2D eigenvalue weighted by Gasteiger charge is 2.13. The highest BCUT2D eigenvalue weighted by atomic mass is 32.2. The van der Waals surface area contributed by atoms with Crippen LogP contribution < -0.4 is 20.1 Å². The number of carbonyl (C=O) groups excluding carboxylic acids is 1. The molecule has 1 aliphatic rings. The summed E-state index contributed by atoms with van der Waals surface area (Å²) >= 11 is 1.75. The molecule has 132 valence electrons. The number of aliphatic imine (C=N–C) groups is 1. The number of nitrogens with zero attached hydrogens (tertiary/aromatic N) is 2. The highest BCUT2D eigenvalue weighted by Crippen LogP contribution is 2.32. The van der Waals surface area contributed by atoms with E-state index in [4.69, 9.17) is 9.47 Å². The van der Waals surface area contributed by atoms with E-state index in [1.54, 1.807) is 30.8 Å². The fourth-order valence-electron chi connectivity index (χ4n) is 1.97. The third-order valence-electron chi connectivity index (χ3n) is 3.36. The number of fused-ring (bicyclic) bond motifs is 1. The van der Waals surface area contributed by atoms with Gasteiger partial charge >= 0.3 is 0 Å². The number of guanidine groups is 1. The predicted octanol–water partition coefficient (Wildman–Crippen LogP) is 0.902. The van der Waals surface area contributed by atoms with Gasteiger partial charge in [0.25, 0.3) is 0 Å². The molecule has 1 aliphatic heterocycles. The molecule has 1 heterocycles. The zero-order valence-corrected chi connectivity index (χ0v) is 15.1. The van der Waals surface area contributed by atoms with Gasteiger partial charge in [-0.2, -0.15) is 11.8 Å². The Morgan fingerprint density at radius 2 is 2.08 bits per heavy atom. The Balaban J connectivity index is 1.96. The van der Waals surface area contributed by atoms with Crippen molar-refractivity contribution in [3.8, 4) is 11.5 Å². The highest BCUT2D eigenvalue weighted by molar-refractivity contribution is 7.98. The van der Waals surface area contributed by atoms with Crippen molar-refractivity contribution < 1.29 is 14.3 Å². The number of rotatable bonds is 7. The second-order valence-electron chi connectivity index (χ2n) is 5.41. The van der Waals surface area contributed by atoms with Crippen LogP contribution in [0.5, 0.6) is 11.5 Å². The molecule has 0 saturated heterocycles. The summed E-state index contributed by atoms with van der Waals surface area (Å²) in [6.07, 6.45) is 2.05. The first-order valence-electron chi connectivity index (χ1n) is 7.70. The van der Waals surface area contributed by atoms with Crippen LogP contribution in [0.1, 0.15) is 5.56 Å². The van der Waals surface area contributed by atoms with Crippen molar-refractivity contribution in [2.75, 3.05) is 46.0 Å². The zero-order chi connectivity index (χ0) is 17.4. The maximum absolute atomic E-state index is 11.7. The fraction of sp³-hybridized carbons (Fsp3) is 0.500. The van der Waals surface area contributed by atoms with E-state index >= 15 is 0 Å². The van der Waals surface area contributed by atoms with E-state index in [0.29, 0.717) is 12.5 Å². The van der Waals surface area contributed by atoms with Crippen LogP contribution in [0.3, 0.4) is 0 Å². The molecule has 1 aromatic carbocycles. The average Bonchev–Trinajstić information content (AvgIpc) is 3.04. The summed E-state index contributed by atoms with van der Waals surface area (Å²) in [5, 5.41) is 6.29. The van der Waals surface area contributed by atoms with Gasteiger partial charge in [-0.3, -0.25) is 4.79 Å². The molecule has 0 aliphatic carbocycles. The van der Waals surface area contributed by atoms with E-state index in [1.165, 1.54) is 0 Å². The first-order valence-corrected chi connectivity index (χ1v) is 9.09. The maximum atomic E-state index is 11.7. The van der Waals surface area contributed by atoms with Gasteiger partial charge in [-0.05, 0) is 24.0 Å². The average molecular weight is 352 g/mol. The topological polar surface area (TPSA) is 75.2 Å². The lowest BCUT2D eigenvalue weighted by atomic mass is 10.2. The maximum Gasteiger partial charge on any atom is 0.241 e. The summed E-state index contributed by atoms with van der Waals surface area (Å²) in [4.78, 5) is 17.8. The van der Waals surface area contributed by atoms with Gasteiger partial charge < -0.3 is 25.0 Å². The lowest BCUT2D eigenvalue weighted by molar-refractivity contribution is -0.127. The van der Waals surface area contributed by atoms with Gasteiger partial charge in [0.1, 0.15) is 0 Å². The van der Waals surface area contributed by atoms with Crippen LogP contribution in [-0.4, -0.2) is 62.8 Å². The van der Waals surface area contributed by atoms with Crippen molar-refractivity contribution in [3.05, 3.63) is 23.8 Å². The van der Waals surface area contributed by atoms with E-state index in [1.807, 2.05) is 24.5 Å². The third kappa shape index (κ3) is 5.52. The molecule has 1 aromatic rings. The number of amides is 1. The number of benzene rings is 1. The number of thioether (sulfide) groups is 1. The summed E-state index contributed by atoms with van der Waals surface area (Å²) in [6, 6.07) is 5.77. The minimum absolute atomic E-state index is 0.00236. The van der Waals surface area contributed by atoms with Crippen LogP contribution in [0.4, 0.5) is 0 Å². The van der Waals surface area contributed by atoms with Crippen molar-refractivity contribution in [2.45, 2.75) is 6.54 Å². The molecule has 0 unspecified atom stereocenters. The van der Waals surface area contributed by atoms with E-state index in [2.05, 4.69) is 15.6 Å². The lowest BCUT2D eigenvalue weighted by Crippen LogP contribution is -2.43. The number of hydrogen-bond acceptors (Lipinski definition) is 5. The minimum Gasteiger partial charge on any atom is -0.454 e. The van der Waals surface area contributed by atoms with Crippen molar-refractivity contribution in [1.29, 1.82) is 0 Å². The molecule has 2 N–H and O–H groups in total. The summed E-state index contributed by atoms with van der Waals surface area (Å²) < 4.78 is 10.7. The van der Waals surface area contributed by atoms with Gasteiger partial charge in [0.05, 0.1) is 13.1 Å². The summed E-state index contributed by atoms with van der Waals surface area (Å²) in [7, 11) is 3.46. The molecule has 0 saturated carbocycles. The first-order chi connectivity index (χ1) is 11.6. The van der Waals surface area contributed by atoms with Crippen LogP contribution in [0.15, 0.2) is 23.2 Å². The van der Waals surface area contributed by atoms with Crippen LogP contribution in [-0.2, 0) is 11.3 Å². The largest absolute Gasteiger partial charge is 0.454 e. The Morgan fingerprint density at radius 3 is 2.83 bits per heavy atom. The second-order valence-corrected chi connectivity index (χ2v) is 6.40. The fourth-order valence-corrected chi connectivity index (χ4v) is 2.28. The number of nitrogens with one attached hydrogen (secondary N) is 2. The summed E-state index contributed by atoms with van der Waals surface area (Å²) in [6.45, 7) is 1.74. The number of carbonyl (C=O) groups is 1. The van der Waals surface area contributed by atoms with Crippen molar-refractivity contribution in [3.63, 3.8) is 0 Å².